The number of ether oxygens (including phenoxy) is 1. The number of hydrogen-bond acceptors (Lipinski definition) is 6. The smallest absolute Gasteiger partial charge is 0.259 e. The molecule has 3 rings (SSSR count). The molecule has 0 saturated carbocycles. The monoisotopic (exact) mass is 497 g/mol. The maximum absolute atomic E-state index is 15.1. The molecule has 2 heterocycles. The summed E-state index contributed by atoms with van der Waals surface area (Å²) in [5, 5.41) is 16.0. The molecule has 1 saturated heterocycles. The summed E-state index contributed by atoms with van der Waals surface area (Å²) in [6.45, 7) is 11.1. The quantitative estimate of drug-likeness (QED) is 0.592. The summed E-state index contributed by atoms with van der Waals surface area (Å²) in [5.41, 5.74) is 0.326. The van der Waals surface area contributed by atoms with Crippen molar-refractivity contribution >= 4 is 27.2 Å². The molecular formula is C23H32FN3O4S2. The number of rotatable bonds is 7. The maximum Gasteiger partial charge on any atom is 0.259 e. The van der Waals surface area contributed by atoms with Gasteiger partial charge in [-0.15, -0.1) is 15.7 Å². The molecule has 0 spiro atoms. The molecule has 33 heavy (non-hydrogen) atoms. The lowest BCUT2D eigenvalue weighted by Crippen LogP contribution is -2.42. The van der Waals surface area contributed by atoms with E-state index in [1.165, 1.54) is 6.20 Å². The molecule has 0 radical (unpaired) electrons. The molecule has 1 aliphatic rings. The van der Waals surface area contributed by atoms with E-state index in [1.807, 2.05) is 27.7 Å². The summed E-state index contributed by atoms with van der Waals surface area (Å²) in [4.78, 5) is 17.4. The van der Waals surface area contributed by atoms with Crippen LogP contribution in [0, 0.1) is 0 Å². The van der Waals surface area contributed by atoms with Gasteiger partial charge in [0.15, 0.2) is 15.6 Å². The van der Waals surface area contributed by atoms with Crippen molar-refractivity contribution in [1.82, 2.24) is 4.98 Å². The van der Waals surface area contributed by atoms with Crippen LogP contribution in [0.2, 0.25) is 0 Å². The minimum atomic E-state index is -3.57. The van der Waals surface area contributed by atoms with Crippen LogP contribution < -0.4 is 5.14 Å². The highest BCUT2D eigenvalue weighted by Gasteiger charge is 2.41. The van der Waals surface area contributed by atoms with Gasteiger partial charge in [-0.05, 0) is 47.9 Å². The molecule has 1 aromatic heterocycles. The summed E-state index contributed by atoms with van der Waals surface area (Å²) in [5.74, 6) is -0.572. The molecule has 7 nitrogen and oxygen atoms in total. The molecule has 1 unspecified atom stereocenters. The van der Waals surface area contributed by atoms with E-state index in [1.54, 1.807) is 26.0 Å². The molecule has 2 aromatic rings. The Morgan fingerprint density at radius 3 is 2.24 bits per heavy atom. The molecule has 0 aliphatic carbocycles. The summed E-state index contributed by atoms with van der Waals surface area (Å²) in [6.07, 6.45) is 1.28. The number of carbonyl (C=O) groups excluding carboxylic acids is 1. The number of benzene rings is 1. The molecule has 3 N–H and O–H groups in total. The Morgan fingerprint density at radius 1 is 1.30 bits per heavy atom. The van der Waals surface area contributed by atoms with Gasteiger partial charge in [0.25, 0.3) is 5.91 Å². The minimum absolute atomic E-state index is 0.0131. The zero-order valence-corrected chi connectivity index (χ0v) is 21.5. The van der Waals surface area contributed by atoms with E-state index < -0.39 is 27.1 Å². The van der Waals surface area contributed by atoms with Crippen LogP contribution in [0.15, 0.2) is 27.0 Å². The van der Waals surface area contributed by atoms with Crippen LogP contribution >= 0.6 is 11.3 Å². The van der Waals surface area contributed by atoms with E-state index in [9.17, 15) is 14.1 Å². The molecule has 0 bridgehead atoms. The van der Waals surface area contributed by atoms with Crippen LogP contribution in [0.3, 0.4) is 0 Å². The maximum atomic E-state index is 15.1. The van der Waals surface area contributed by atoms with Crippen molar-refractivity contribution in [2.45, 2.75) is 75.4 Å². The van der Waals surface area contributed by atoms with E-state index in [-0.39, 0.29) is 35.8 Å². The molecular weight excluding hydrogens is 465 g/mol. The molecule has 1 fully saturated rings. The lowest BCUT2D eigenvalue weighted by atomic mass is 9.81. The molecule has 1 aliphatic heterocycles. The number of nitrogens with zero attached hydrogens (tertiary/aromatic N) is 2. The van der Waals surface area contributed by atoms with E-state index >= 15 is 4.39 Å². The van der Waals surface area contributed by atoms with Crippen LogP contribution in [0.1, 0.15) is 80.5 Å². The number of nitrogens with two attached hydrogens (primary N) is 1. The highest BCUT2D eigenvalue weighted by Crippen LogP contribution is 2.39. The molecule has 10 heteroatoms. The summed E-state index contributed by atoms with van der Waals surface area (Å²) < 4.78 is 37.0. The first-order valence-corrected chi connectivity index (χ1v) is 13.2. The van der Waals surface area contributed by atoms with Crippen LogP contribution in [0.25, 0.3) is 0 Å². The van der Waals surface area contributed by atoms with Gasteiger partial charge in [0, 0.05) is 6.20 Å². The Labute approximate surface area is 198 Å². The van der Waals surface area contributed by atoms with Crippen molar-refractivity contribution in [1.29, 1.82) is 0 Å². The average molecular weight is 498 g/mol. The second kappa shape index (κ2) is 9.14. The number of hydrogen-bond donors (Lipinski definition) is 2. The molecule has 1 atom stereocenters. The SMILES string of the molecule is CC(C)c1cc(C2(F)COC2)cc(C(C)C)c1CC(=O)N=S(N)(=O)c1ncc(C(C)(C)O)s1. The van der Waals surface area contributed by atoms with Gasteiger partial charge in [0.1, 0.15) is 0 Å². The molecule has 1 amide bonds. The van der Waals surface area contributed by atoms with Crippen LogP contribution in [0.5, 0.6) is 0 Å². The average Bonchev–Trinajstić information content (AvgIpc) is 3.17. The first-order chi connectivity index (χ1) is 15.1. The van der Waals surface area contributed by atoms with Gasteiger partial charge >= 0.3 is 0 Å². The number of amides is 1. The van der Waals surface area contributed by atoms with Crippen molar-refractivity contribution < 1.29 is 23.2 Å². The summed E-state index contributed by atoms with van der Waals surface area (Å²) in [7, 11) is -3.57. The normalized spacial score (nSPS) is 17.7. The van der Waals surface area contributed by atoms with Gasteiger partial charge in [-0.1, -0.05) is 39.8 Å². The third-order valence-electron chi connectivity index (χ3n) is 5.65. The topological polar surface area (TPSA) is 115 Å². The second-order valence-corrected chi connectivity index (χ2v) is 12.7. The first kappa shape index (κ1) is 25.9. The van der Waals surface area contributed by atoms with Gasteiger partial charge in [-0.25, -0.2) is 18.7 Å². The Hall–Kier alpha value is -1.72. The Balaban J connectivity index is 2.00. The zero-order valence-electron chi connectivity index (χ0n) is 19.8. The van der Waals surface area contributed by atoms with Gasteiger partial charge < -0.3 is 9.84 Å². The number of carbonyl (C=O) groups is 1. The van der Waals surface area contributed by atoms with E-state index in [4.69, 9.17) is 9.88 Å². The Kier molecular flexibility index (Phi) is 7.18. The summed E-state index contributed by atoms with van der Waals surface area (Å²) >= 11 is 0.964. The highest BCUT2D eigenvalue weighted by atomic mass is 32.2. The van der Waals surface area contributed by atoms with Gasteiger partial charge in [-0.3, -0.25) is 4.79 Å². The van der Waals surface area contributed by atoms with E-state index in [0.29, 0.717) is 10.4 Å². The predicted molar refractivity (Wildman–Crippen MR) is 127 cm³/mol. The zero-order chi connectivity index (χ0) is 24.8. The van der Waals surface area contributed by atoms with Crippen LogP contribution in [0.4, 0.5) is 4.39 Å². The first-order valence-electron chi connectivity index (χ1n) is 10.8. The van der Waals surface area contributed by atoms with Crippen LogP contribution in [-0.2, 0) is 37.1 Å². The number of aliphatic hydroxyl groups is 1. The highest BCUT2D eigenvalue weighted by molar-refractivity contribution is 7.93. The van der Waals surface area contributed by atoms with Gasteiger partial charge in [-0.2, -0.15) is 0 Å². The standard InChI is InChI=1S/C23H32FN3O4S2/c1-13(2)16-7-15(23(24)11-31-12-23)8-17(14(3)4)18(16)9-20(28)27-33(25,30)21-26-10-19(32-21)22(5,6)29/h7-8,10,13-14,29H,9,11-12H2,1-6H3,(H2,25,27,28,30). The predicted octanol–water partition coefficient (Wildman–Crippen LogP) is 4.28. The Morgan fingerprint density at radius 2 is 1.85 bits per heavy atom. The van der Waals surface area contributed by atoms with Crippen molar-refractivity contribution in [2.24, 2.45) is 9.50 Å². The van der Waals surface area contributed by atoms with Gasteiger partial charge in [0.2, 0.25) is 4.34 Å². The second-order valence-electron chi connectivity index (χ2n) is 9.68. The van der Waals surface area contributed by atoms with Crippen molar-refractivity contribution in [2.75, 3.05) is 13.2 Å². The minimum Gasteiger partial charge on any atom is -0.385 e. The number of aromatic nitrogens is 1. The van der Waals surface area contributed by atoms with Crippen molar-refractivity contribution in [3.05, 3.63) is 45.5 Å². The van der Waals surface area contributed by atoms with E-state index in [2.05, 4.69) is 9.35 Å². The van der Waals surface area contributed by atoms with Gasteiger partial charge in [0.05, 0.1) is 30.1 Å². The third kappa shape index (κ3) is 5.51. The third-order valence-corrected chi connectivity index (χ3v) is 8.80. The number of alkyl halides is 1. The molecule has 182 valence electrons. The fraction of sp³-hybridized carbons (Fsp3) is 0.565. The number of halogens is 1. The fourth-order valence-corrected chi connectivity index (χ4v) is 5.86. The van der Waals surface area contributed by atoms with Crippen molar-refractivity contribution in [3.8, 4) is 0 Å². The lowest BCUT2D eigenvalue weighted by Gasteiger charge is -2.35. The Bertz CT molecular complexity index is 1140. The van der Waals surface area contributed by atoms with Crippen LogP contribution in [-0.4, -0.2) is 33.4 Å². The van der Waals surface area contributed by atoms with Crippen molar-refractivity contribution in [3.63, 3.8) is 0 Å². The number of thiazole rings is 1. The largest absolute Gasteiger partial charge is 0.385 e. The molecule has 1 aromatic carbocycles. The lowest BCUT2D eigenvalue weighted by molar-refractivity contribution is -0.135. The van der Waals surface area contributed by atoms with E-state index in [0.717, 1.165) is 28.0 Å². The summed E-state index contributed by atoms with van der Waals surface area (Å²) in [6, 6.07) is 3.61. The fourth-order valence-electron chi connectivity index (χ4n) is 3.71.